The second-order valence-electron chi connectivity index (χ2n) is 7.12. The topological polar surface area (TPSA) is 69.6 Å². The Balaban J connectivity index is 1.99. The Bertz CT molecular complexity index is 1170. The highest BCUT2D eigenvalue weighted by Crippen LogP contribution is 2.32. The Morgan fingerprint density at radius 2 is 1.56 bits per heavy atom. The lowest BCUT2D eigenvalue weighted by molar-refractivity contribution is -0.137. The average molecular weight is 446 g/mol. The number of phenolic OH excluding ortho intramolecular Hbond substituents is 1. The van der Waals surface area contributed by atoms with Crippen molar-refractivity contribution in [3.63, 3.8) is 0 Å². The number of amides is 2. The van der Waals surface area contributed by atoms with Crippen molar-refractivity contribution in [2.24, 2.45) is 0 Å². The summed E-state index contributed by atoms with van der Waals surface area (Å²) in [6.45, 7) is 0. The van der Waals surface area contributed by atoms with Gasteiger partial charge in [-0.2, -0.15) is 13.2 Å². The van der Waals surface area contributed by atoms with Crippen LogP contribution in [-0.2, 0) is 6.18 Å². The molecular formula is C23H18F4N2O3. The van der Waals surface area contributed by atoms with Gasteiger partial charge in [0.15, 0.2) is 11.6 Å². The molecule has 0 aliphatic rings. The van der Waals surface area contributed by atoms with Gasteiger partial charge in [-0.05, 0) is 35.4 Å². The molecule has 3 rings (SSSR count). The van der Waals surface area contributed by atoms with Gasteiger partial charge in [-0.1, -0.05) is 30.3 Å². The number of carbonyl (C=O) groups is 2. The summed E-state index contributed by atoms with van der Waals surface area (Å²) >= 11 is 0. The number of alkyl halides is 3. The van der Waals surface area contributed by atoms with Crippen LogP contribution in [-0.4, -0.2) is 35.9 Å². The third kappa shape index (κ3) is 4.72. The SMILES string of the molecule is CN(C)C(=O)c1cc(O)c(F)cc1NC(=O)c1ccccc1-c1ccc(C(F)(F)F)cc1. The van der Waals surface area contributed by atoms with Gasteiger partial charge in [0.05, 0.1) is 16.8 Å². The summed E-state index contributed by atoms with van der Waals surface area (Å²) < 4.78 is 52.5. The van der Waals surface area contributed by atoms with E-state index in [1.165, 1.54) is 37.2 Å². The van der Waals surface area contributed by atoms with Crippen LogP contribution in [0.2, 0.25) is 0 Å². The average Bonchev–Trinajstić information content (AvgIpc) is 2.75. The first-order chi connectivity index (χ1) is 15.0. The zero-order valence-electron chi connectivity index (χ0n) is 17.0. The van der Waals surface area contributed by atoms with Gasteiger partial charge in [0.1, 0.15) is 0 Å². The van der Waals surface area contributed by atoms with Gasteiger partial charge in [0.2, 0.25) is 0 Å². The number of nitrogens with one attached hydrogen (secondary N) is 1. The molecule has 0 atom stereocenters. The molecule has 32 heavy (non-hydrogen) atoms. The molecule has 9 heteroatoms. The summed E-state index contributed by atoms with van der Waals surface area (Å²) in [6, 6.07) is 12.2. The normalized spacial score (nSPS) is 11.2. The van der Waals surface area contributed by atoms with Crippen LogP contribution in [0.3, 0.4) is 0 Å². The number of halogens is 4. The van der Waals surface area contributed by atoms with E-state index in [0.717, 1.165) is 24.3 Å². The van der Waals surface area contributed by atoms with Gasteiger partial charge in [-0.15, -0.1) is 0 Å². The van der Waals surface area contributed by atoms with Crippen molar-refractivity contribution < 1.29 is 32.3 Å². The summed E-state index contributed by atoms with van der Waals surface area (Å²) in [4.78, 5) is 26.6. The molecule has 0 saturated carbocycles. The summed E-state index contributed by atoms with van der Waals surface area (Å²) in [5, 5.41) is 12.1. The minimum absolute atomic E-state index is 0.101. The van der Waals surface area contributed by atoms with Crippen molar-refractivity contribution in [3.8, 4) is 16.9 Å². The van der Waals surface area contributed by atoms with E-state index in [1.807, 2.05) is 0 Å². The van der Waals surface area contributed by atoms with E-state index >= 15 is 0 Å². The van der Waals surface area contributed by atoms with Gasteiger partial charge in [-0.25, -0.2) is 4.39 Å². The minimum atomic E-state index is -4.49. The molecule has 0 aliphatic carbocycles. The van der Waals surface area contributed by atoms with E-state index in [-0.39, 0.29) is 16.8 Å². The highest BCUT2D eigenvalue weighted by molar-refractivity contribution is 6.11. The maximum Gasteiger partial charge on any atom is 0.416 e. The molecule has 166 valence electrons. The highest BCUT2D eigenvalue weighted by Gasteiger charge is 2.30. The second-order valence-corrected chi connectivity index (χ2v) is 7.12. The number of phenols is 1. The fraction of sp³-hybridized carbons (Fsp3) is 0.130. The number of anilines is 1. The monoisotopic (exact) mass is 446 g/mol. The first-order valence-electron chi connectivity index (χ1n) is 9.31. The van der Waals surface area contributed by atoms with Gasteiger partial charge in [0, 0.05) is 25.7 Å². The van der Waals surface area contributed by atoms with Gasteiger partial charge in [-0.3, -0.25) is 9.59 Å². The van der Waals surface area contributed by atoms with Crippen molar-refractivity contribution >= 4 is 17.5 Å². The molecule has 0 aliphatic heterocycles. The Kier molecular flexibility index (Phi) is 6.20. The fourth-order valence-corrected chi connectivity index (χ4v) is 3.04. The maximum atomic E-state index is 13.9. The van der Waals surface area contributed by atoms with E-state index in [1.54, 1.807) is 18.2 Å². The summed E-state index contributed by atoms with van der Waals surface area (Å²) in [5.41, 5.74) is -0.303. The smallest absolute Gasteiger partial charge is 0.416 e. The summed E-state index contributed by atoms with van der Waals surface area (Å²) in [6.07, 6.45) is -4.49. The third-order valence-corrected chi connectivity index (χ3v) is 4.67. The number of nitrogens with zero attached hydrogens (tertiary/aromatic N) is 1. The van der Waals surface area contributed by atoms with Crippen molar-refractivity contribution in [3.05, 3.63) is 83.2 Å². The van der Waals surface area contributed by atoms with Gasteiger partial charge < -0.3 is 15.3 Å². The van der Waals surface area contributed by atoms with Crippen molar-refractivity contribution in [2.75, 3.05) is 19.4 Å². The van der Waals surface area contributed by atoms with Crippen molar-refractivity contribution in [1.29, 1.82) is 0 Å². The molecule has 3 aromatic rings. The van der Waals surface area contributed by atoms with Crippen LogP contribution in [0.15, 0.2) is 60.7 Å². The third-order valence-electron chi connectivity index (χ3n) is 4.67. The van der Waals surface area contributed by atoms with Crippen LogP contribution >= 0.6 is 0 Å². The number of hydrogen-bond donors (Lipinski definition) is 2. The van der Waals surface area contributed by atoms with E-state index in [2.05, 4.69) is 5.32 Å². The Morgan fingerprint density at radius 1 is 0.938 bits per heavy atom. The molecule has 2 amide bonds. The van der Waals surface area contributed by atoms with E-state index < -0.39 is 35.1 Å². The van der Waals surface area contributed by atoms with Gasteiger partial charge >= 0.3 is 6.18 Å². The van der Waals surface area contributed by atoms with Crippen LogP contribution in [0.4, 0.5) is 23.2 Å². The molecule has 0 radical (unpaired) electrons. The van der Waals surface area contributed by atoms with Crippen LogP contribution in [0.25, 0.3) is 11.1 Å². The van der Waals surface area contributed by atoms with Crippen LogP contribution in [0.5, 0.6) is 5.75 Å². The molecule has 0 fully saturated rings. The molecule has 0 aromatic heterocycles. The predicted octanol–water partition coefficient (Wildman–Crippen LogP) is 5.17. The molecule has 0 heterocycles. The largest absolute Gasteiger partial charge is 0.505 e. The number of hydrogen-bond acceptors (Lipinski definition) is 3. The van der Waals surface area contributed by atoms with Crippen LogP contribution in [0.1, 0.15) is 26.3 Å². The van der Waals surface area contributed by atoms with E-state index in [4.69, 9.17) is 0 Å². The molecule has 5 nitrogen and oxygen atoms in total. The lowest BCUT2D eigenvalue weighted by Gasteiger charge is -2.16. The minimum Gasteiger partial charge on any atom is -0.505 e. The molecule has 0 bridgehead atoms. The quantitative estimate of drug-likeness (QED) is 0.429. The number of carbonyl (C=O) groups excluding carboxylic acids is 2. The standard InChI is InChI=1S/C23H18F4N2O3/c1-29(2)22(32)17-11-20(30)18(24)12-19(17)28-21(31)16-6-4-3-5-15(16)13-7-9-14(10-8-13)23(25,26)27/h3-12,30H,1-2H3,(H,28,31). The zero-order valence-corrected chi connectivity index (χ0v) is 17.0. The Hall–Kier alpha value is -3.88. The van der Waals surface area contributed by atoms with Crippen LogP contribution < -0.4 is 5.32 Å². The van der Waals surface area contributed by atoms with Crippen molar-refractivity contribution in [2.45, 2.75) is 6.18 Å². The zero-order chi connectivity index (χ0) is 23.6. The fourth-order valence-electron chi connectivity index (χ4n) is 3.04. The van der Waals surface area contributed by atoms with Crippen LogP contribution in [0, 0.1) is 5.82 Å². The van der Waals surface area contributed by atoms with E-state index in [9.17, 15) is 32.3 Å². The highest BCUT2D eigenvalue weighted by atomic mass is 19.4. The molecular weight excluding hydrogens is 428 g/mol. The second kappa shape index (κ2) is 8.70. The van der Waals surface area contributed by atoms with Crippen molar-refractivity contribution in [1.82, 2.24) is 4.90 Å². The molecule has 2 N–H and O–H groups in total. The first-order valence-corrected chi connectivity index (χ1v) is 9.31. The lowest BCUT2D eigenvalue weighted by Crippen LogP contribution is -2.24. The molecule has 3 aromatic carbocycles. The molecule has 0 unspecified atom stereocenters. The number of rotatable bonds is 4. The maximum absolute atomic E-state index is 13.9. The summed E-state index contributed by atoms with van der Waals surface area (Å²) in [7, 11) is 2.91. The van der Waals surface area contributed by atoms with E-state index in [0.29, 0.717) is 11.1 Å². The molecule has 0 saturated heterocycles. The predicted molar refractivity (Wildman–Crippen MR) is 111 cm³/mol. The lowest BCUT2D eigenvalue weighted by atomic mass is 9.98. The number of aromatic hydroxyl groups is 1. The first kappa shape index (κ1) is 22.8. The Labute approximate surface area is 180 Å². The summed E-state index contributed by atoms with van der Waals surface area (Å²) in [5.74, 6) is -3.07. The Morgan fingerprint density at radius 3 is 2.16 bits per heavy atom. The molecule has 0 spiro atoms. The number of benzene rings is 3. The van der Waals surface area contributed by atoms with Gasteiger partial charge in [0.25, 0.3) is 11.8 Å².